The second-order valence-electron chi connectivity index (χ2n) is 3.89. The maximum Gasteiger partial charge on any atom is 0.284 e. The summed E-state index contributed by atoms with van der Waals surface area (Å²) in [5.74, 6) is 0.459. The van der Waals surface area contributed by atoms with Crippen molar-refractivity contribution >= 4 is 5.91 Å². The van der Waals surface area contributed by atoms with E-state index in [2.05, 4.69) is 16.9 Å². The van der Waals surface area contributed by atoms with Crippen molar-refractivity contribution in [3.05, 3.63) is 35.8 Å². The highest BCUT2D eigenvalue weighted by molar-refractivity contribution is 5.89. The normalized spacial score (nSPS) is 10.3. The zero-order valence-corrected chi connectivity index (χ0v) is 10.4. The van der Waals surface area contributed by atoms with E-state index in [0.29, 0.717) is 0 Å². The van der Waals surface area contributed by atoms with Gasteiger partial charge in [-0.2, -0.15) is 0 Å². The molecule has 1 amide bonds. The number of hydrogen-bond acceptors (Lipinski definition) is 3. The number of aryl methyl sites for hydroxylation is 1. The Labute approximate surface area is 105 Å². The minimum atomic E-state index is -0.564. The first-order valence-electron chi connectivity index (χ1n) is 5.67. The van der Waals surface area contributed by atoms with Gasteiger partial charge in [0.25, 0.3) is 5.91 Å². The summed E-state index contributed by atoms with van der Waals surface area (Å²) in [4.78, 5) is 17.8. The molecule has 0 radical (unpaired) electrons. The number of primary amides is 1. The molecule has 0 aliphatic carbocycles. The van der Waals surface area contributed by atoms with Gasteiger partial charge in [0, 0.05) is 5.56 Å². The Morgan fingerprint density at radius 3 is 2.83 bits per heavy atom. The van der Waals surface area contributed by atoms with Crippen LogP contribution in [0.1, 0.15) is 23.1 Å². The number of hydrogen-bond donors (Lipinski definition) is 2. The summed E-state index contributed by atoms with van der Waals surface area (Å²) in [6.45, 7) is 2.06. The van der Waals surface area contributed by atoms with Gasteiger partial charge in [-0.3, -0.25) is 4.79 Å². The fourth-order valence-corrected chi connectivity index (χ4v) is 1.82. The molecule has 1 aromatic carbocycles. The van der Waals surface area contributed by atoms with Crippen LogP contribution in [0.5, 0.6) is 5.75 Å². The molecule has 2 rings (SSSR count). The van der Waals surface area contributed by atoms with Gasteiger partial charge in [-0.1, -0.05) is 6.92 Å². The number of nitrogens with two attached hydrogens (primary N) is 1. The third-order valence-corrected chi connectivity index (χ3v) is 2.78. The average molecular weight is 245 g/mol. The van der Waals surface area contributed by atoms with E-state index in [4.69, 9.17) is 10.5 Å². The van der Waals surface area contributed by atoms with Crippen molar-refractivity contribution in [2.24, 2.45) is 5.73 Å². The number of ether oxygens (including phenoxy) is 1. The fraction of sp³-hybridized carbons (Fsp3) is 0.231. The molecule has 18 heavy (non-hydrogen) atoms. The summed E-state index contributed by atoms with van der Waals surface area (Å²) in [6.07, 6.45) is 2.47. The van der Waals surface area contributed by atoms with Crippen LogP contribution in [0.2, 0.25) is 0 Å². The number of nitrogens with one attached hydrogen (secondary N) is 1. The van der Waals surface area contributed by atoms with Crippen LogP contribution in [0.3, 0.4) is 0 Å². The summed E-state index contributed by atoms with van der Waals surface area (Å²) < 4.78 is 5.27. The van der Waals surface area contributed by atoms with Gasteiger partial charge in [0.1, 0.15) is 5.75 Å². The second kappa shape index (κ2) is 4.91. The third kappa shape index (κ3) is 2.20. The van der Waals surface area contributed by atoms with E-state index in [1.165, 1.54) is 0 Å². The SMILES string of the molecule is CCc1cc(-c2cnc(C(N)=O)[nH]2)ccc1OC. The molecule has 0 fully saturated rings. The lowest BCUT2D eigenvalue weighted by Crippen LogP contribution is -2.12. The van der Waals surface area contributed by atoms with Gasteiger partial charge < -0.3 is 15.5 Å². The van der Waals surface area contributed by atoms with Crippen LogP contribution < -0.4 is 10.5 Å². The quantitative estimate of drug-likeness (QED) is 0.861. The minimum Gasteiger partial charge on any atom is -0.496 e. The van der Waals surface area contributed by atoms with Crippen LogP contribution in [-0.4, -0.2) is 23.0 Å². The second-order valence-corrected chi connectivity index (χ2v) is 3.89. The molecular formula is C13H15N3O2. The lowest BCUT2D eigenvalue weighted by molar-refractivity contribution is 0.0991. The lowest BCUT2D eigenvalue weighted by Gasteiger charge is -2.08. The highest BCUT2D eigenvalue weighted by Crippen LogP contribution is 2.25. The fourth-order valence-electron chi connectivity index (χ4n) is 1.82. The van der Waals surface area contributed by atoms with E-state index in [1.54, 1.807) is 13.3 Å². The van der Waals surface area contributed by atoms with E-state index in [9.17, 15) is 4.79 Å². The lowest BCUT2D eigenvalue weighted by atomic mass is 10.1. The molecule has 0 bridgehead atoms. The van der Waals surface area contributed by atoms with Gasteiger partial charge in [0.15, 0.2) is 5.82 Å². The first-order chi connectivity index (χ1) is 8.65. The number of amides is 1. The molecule has 5 nitrogen and oxygen atoms in total. The molecule has 1 aromatic heterocycles. The van der Waals surface area contributed by atoms with E-state index in [1.807, 2.05) is 18.2 Å². The summed E-state index contributed by atoms with van der Waals surface area (Å²) >= 11 is 0. The van der Waals surface area contributed by atoms with Gasteiger partial charge in [-0.25, -0.2) is 4.98 Å². The summed E-state index contributed by atoms with van der Waals surface area (Å²) in [5, 5.41) is 0. The van der Waals surface area contributed by atoms with Crippen molar-refractivity contribution in [1.82, 2.24) is 9.97 Å². The number of carbonyl (C=O) groups excluding carboxylic acids is 1. The maximum absolute atomic E-state index is 11.0. The monoisotopic (exact) mass is 245 g/mol. The Bertz CT molecular complexity index is 575. The van der Waals surface area contributed by atoms with Crippen LogP contribution in [0, 0.1) is 0 Å². The molecule has 0 saturated heterocycles. The minimum absolute atomic E-state index is 0.166. The first-order valence-corrected chi connectivity index (χ1v) is 5.67. The summed E-state index contributed by atoms with van der Waals surface area (Å²) in [5.41, 5.74) is 7.97. The van der Waals surface area contributed by atoms with Crippen molar-refractivity contribution in [1.29, 1.82) is 0 Å². The third-order valence-electron chi connectivity index (χ3n) is 2.78. The molecule has 3 N–H and O–H groups in total. The Kier molecular flexibility index (Phi) is 3.32. The van der Waals surface area contributed by atoms with E-state index in [0.717, 1.165) is 29.0 Å². The molecule has 94 valence electrons. The van der Waals surface area contributed by atoms with Gasteiger partial charge in [0.05, 0.1) is 19.0 Å². The highest BCUT2D eigenvalue weighted by atomic mass is 16.5. The van der Waals surface area contributed by atoms with Gasteiger partial charge in [0.2, 0.25) is 0 Å². The van der Waals surface area contributed by atoms with Crippen molar-refractivity contribution in [2.75, 3.05) is 7.11 Å². The molecule has 0 saturated carbocycles. The number of aromatic amines is 1. The van der Waals surface area contributed by atoms with Crippen molar-refractivity contribution in [2.45, 2.75) is 13.3 Å². The molecule has 0 aliphatic rings. The predicted octanol–water partition coefficient (Wildman–Crippen LogP) is 1.75. The first kappa shape index (κ1) is 12.2. The summed E-state index contributed by atoms with van der Waals surface area (Å²) in [6, 6.07) is 5.83. The molecule has 2 aromatic rings. The largest absolute Gasteiger partial charge is 0.496 e. The Hall–Kier alpha value is -2.30. The van der Waals surface area contributed by atoms with Gasteiger partial charge >= 0.3 is 0 Å². The van der Waals surface area contributed by atoms with Crippen LogP contribution >= 0.6 is 0 Å². The molecule has 1 heterocycles. The maximum atomic E-state index is 11.0. The highest BCUT2D eigenvalue weighted by Gasteiger charge is 2.09. The predicted molar refractivity (Wildman–Crippen MR) is 68.5 cm³/mol. The number of nitrogens with zero attached hydrogens (tertiary/aromatic N) is 1. The van der Waals surface area contributed by atoms with Crippen molar-refractivity contribution in [3.63, 3.8) is 0 Å². The Balaban J connectivity index is 2.41. The number of H-pyrrole nitrogens is 1. The van der Waals surface area contributed by atoms with Crippen LogP contribution in [0.25, 0.3) is 11.3 Å². The number of methoxy groups -OCH3 is 1. The van der Waals surface area contributed by atoms with E-state index < -0.39 is 5.91 Å². The average Bonchev–Trinajstić information content (AvgIpc) is 2.87. The number of aromatic nitrogens is 2. The molecule has 0 atom stereocenters. The number of imidazole rings is 1. The van der Waals surface area contributed by atoms with E-state index >= 15 is 0 Å². The zero-order chi connectivity index (χ0) is 13.1. The van der Waals surface area contributed by atoms with Crippen LogP contribution in [0.4, 0.5) is 0 Å². The van der Waals surface area contributed by atoms with Crippen molar-refractivity contribution < 1.29 is 9.53 Å². The topological polar surface area (TPSA) is 81.0 Å². The van der Waals surface area contributed by atoms with Gasteiger partial charge in [-0.05, 0) is 30.2 Å². The molecule has 0 aliphatic heterocycles. The van der Waals surface area contributed by atoms with Crippen LogP contribution in [-0.2, 0) is 6.42 Å². The summed E-state index contributed by atoms with van der Waals surface area (Å²) in [7, 11) is 1.65. The number of carbonyl (C=O) groups is 1. The smallest absolute Gasteiger partial charge is 0.284 e. The molecule has 0 unspecified atom stereocenters. The molecule has 0 spiro atoms. The van der Waals surface area contributed by atoms with Crippen molar-refractivity contribution in [3.8, 4) is 17.0 Å². The van der Waals surface area contributed by atoms with Crippen LogP contribution in [0.15, 0.2) is 24.4 Å². The number of benzene rings is 1. The number of rotatable bonds is 4. The standard InChI is InChI=1S/C13H15N3O2/c1-3-8-6-9(4-5-11(8)18-2)10-7-15-13(16-10)12(14)17/h4-7H,3H2,1-2H3,(H2,14,17)(H,15,16). The Morgan fingerprint density at radius 1 is 1.50 bits per heavy atom. The molecule has 5 heteroatoms. The van der Waals surface area contributed by atoms with Gasteiger partial charge in [-0.15, -0.1) is 0 Å². The van der Waals surface area contributed by atoms with E-state index in [-0.39, 0.29) is 5.82 Å². The molecular weight excluding hydrogens is 230 g/mol. The Morgan fingerprint density at radius 2 is 2.28 bits per heavy atom. The zero-order valence-electron chi connectivity index (χ0n) is 10.4.